The first-order chi connectivity index (χ1) is 8.44. The van der Waals surface area contributed by atoms with E-state index in [1.165, 1.54) is 0 Å². The second-order valence-electron chi connectivity index (χ2n) is 5.03. The molecule has 0 bridgehead atoms. The van der Waals surface area contributed by atoms with Crippen molar-refractivity contribution in [2.45, 2.75) is 25.2 Å². The largest absolute Gasteiger partial charge is 0.481 e. The van der Waals surface area contributed by atoms with Gasteiger partial charge in [0.1, 0.15) is 0 Å². The quantitative estimate of drug-likeness (QED) is 0.807. The molecule has 0 amide bonds. The molecule has 4 heteroatoms. The summed E-state index contributed by atoms with van der Waals surface area (Å²) in [7, 11) is 1.64. The Balaban J connectivity index is 3.25. The van der Waals surface area contributed by atoms with Crippen molar-refractivity contribution in [2.24, 2.45) is 5.73 Å². The Bertz CT molecular complexity index is 415. The molecule has 0 heterocycles. The summed E-state index contributed by atoms with van der Waals surface area (Å²) in [6.07, 6.45) is 0. The third kappa shape index (κ3) is 3.09. The first-order valence-electron chi connectivity index (χ1n) is 5.95. The molecule has 1 aromatic carbocycles. The van der Waals surface area contributed by atoms with Crippen LogP contribution in [0.1, 0.15) is 30.9 Å². The summed E-state index contributed by atoms with van der Waals surface area (Å²) in [5.74, 6) is -1.56. The second kappa shape index (κ2) is 5.98. The summed E-state index contributed by atoms with van der Waals surface area (Å²) >= 11 is 0. The van der Waals surface area contributed by atoms with Crippen LogP contribution in [0.3, 0.4) is 0 Å². The number of methoxy groups -OCH3 is 1. The Morgan fingerprint density at radius 2 is 2.06 bits per heavy atom. The summed E-state index contributed by atoms with van der Waals surface area (Å²) in [5.41, 5.74) is 7.09. The van der Waals surface area contributed by atoms with Crippen LogP contribution >= 0.6 is 0 Å². The van der Waals surface area contributed by atoms with Crippen LogP contribution in [0.5, 0.6) is 0 Å². The average molecular weight is 251 g/mol. The number of nitrogens with two attached hydrogens (primary N) is 1. The van der Waals surface area contributed by atoms with Crippen LogP contribution < -0.4 is 5.73 Å². The maximum Gasteiger partial charge on any atom is 0.312 e. The van der Waals surface area contributed by atoms with Gasteiger partial charge in [-0.05, 0) is 11.1 Å². The molecule has 4 nitrogen and oxygen atoms in total. The highest BCUT2D eigenvalue weighted by Crippen LogP contribution is 2.31. The standard InChI is InChI=1S/C14H21NO3/c1-14(2,9-18-3)12-7-5-4-6-10(12)11(8-15)13(16)17/h4-7,11H,8-9,15H2,1-3H3,(H,16,17). The molecule has 0 saturated heterocycles. The fourth-order valence-electron chi connectivity index (χ4n) is 2.22. The second-order valence-corrected chi connectivity index (χ2v) is 5.03. The van der Waals surface area contributed by atoms with Gasteiger partial charge in [0, 0.05) is 19.1 Å². The molecule has 0 fully saturated rings. The van der Waals surface area contributed by atoms with Crippen LogP contribution in [0.4, 0.5) is 0 Å². The van der Waals surface area contributed by atoms with Crippen molar-refractivity contribution in [3.63, 3.8) is 0 Å². The minimum absolute atomic E-state index is 0.0927. The fraction of sp³-hybridized carbons (Fsp3) is 0.500. The number of carboxylic acid groups (broad SMARTS) is 1. The lowest BCUT2D eigenvalue weighted by atomic mass is 9.79. The topological polar surface area (TPSA) is 72.5 Å². The van der Waals surface area contributed by atoms with E-state index in [-0.39, 0.29) is 12.0 Å². The summed E-state index contributed by atoms with van der Waals surface area (Å²) in [5, 5.41) is 9.24. The Hall–Kier alpha value is -1.39. The summed E-state index contributed by atoms with van der Waals surface area (Å²) in [6, 6.07) is 7.53. The Labute approximate surface area is 108 Å². The molecule has 0 aromatic heterocycles. The zero-order chi connectivity index (χ0) is 13.8. The normalized spacial score (nSPS) is 13.3. The van der Waals surface area contributed by atoms with Gasteiger partial charge in [-0.15, -0.1) is 0 Å². The van der Waals surface area contributed by atoms with Gasteiger partial charge < -0.3 is 15.6 Å². The number of hydrogen-bond acceptors (Lipinski definition) is 3. The lowest BCUT2D eigenvalue weighted by Crippen LogP contribution is -2.29. The van der Waals surface area contributed by atoms with Gasteiger partial charge >= 0.3 is 5.97 Å². The van der Waals surface area contributed by atoms with E-state index in [4.69, 9.17) is 10.5 Å². The van der Waals surface area contributed by atoms with Crippen molar-refractivity contribution in [3.8, 4) is 0 Å². The first-order valence-corrected chi connectivity index (χ1v) is 5.95. The van der Waals surface area contributed by atoms with Crippen LogP contribution in [0, 0.1) is 0 Å². The molecule has 0 radical (unpaired) electrons. The highest BCUT2D eigenvalue weighted by Gasteiger charge is 2.28. The van der Waals surface area contributed by atoms with Crippen molar-refractivity contribution in [1.82, 2.24) is 0 Å². The van der Waals surface area contributed by atoms with Gasteiger partial charge in [-0.25, -0.2) is 0 Å². The highest BCUT2D eigenvalue weighted by molar-refractivity contribution is 5.77. The smallest absolute Gasteiger partial charge is 0.312 e. The van der Waals surface area contributed by atoms with Crippen molar-refractivity contribution in [3.05, 3.63) is 35.4 Å². The van der Waals surface area contributed by atoms with Gasteiger partial charge in [-0.1, -0.05) is 38.1 Å². The van der Waals surface area contributed by atoms with Crippen LogP contribution in [0.15, 0.2) is 24.3 Å². The SMILES string of the molecule is COCC(C)(C)c1ccccc1C(CN)C(=O)O. The lowest BCUT2D eigenvalue weighted by Gasteiger charge is -2.28. The van der Waals surface area contributed by atoms with E-state index in [1.54, 1.807) is 7.11 Å². The lowest BCUT2D eigenvalue weighted by molar-refractivity contribution is -0.138. The predicted molar refractivity (Wildman–Crippen MR) is 70.8 cm³/mol. The molecular formula is C14H21NO3. The molecule has 0 aliphatic carbocycles. The Kier molecular flexibility index (Phi) is 4.87. The van der Waals surface area contributed by atoms with Gasteiger partial charge in [0.15, 0.2) is 0 Å². The van der Waals surface area contributed by atoms with Gasteiger partial charge in [0.05, 0.1) is 12.5 Å². The molecule has 0 saturated carbocycles. The van der Waals surface area contributed by atoms with E-state index in [1.807, 2.05) is 38.1 Å². The molecule has 1 unspecified atom stereocenters. The molecule has 0 aliphatic heterocycles. The van der Waals surface area contributed by atoms with Gasteiger partial charge in [0.25, 0.3) is 0 Å². The third-order valence-electron chi connectivity index (χ3n) is 3.10. The van der Waals surface area contributed by atoms with Gasteiger partial charge in [0.2, 0.25) is 0 Å². The van der Waals surface area contributed by atoms with E-state index in [9.17, 15) is 9.90 Å². The molecule has 1 aromatic rings. The van der Waals surface area contributed by atoms with E-state index in [0.717, 1.165) is 11.1 Å². The number of hydrogen-bond donors (Lipinski definition) is 2. The number of aliphatic carboxylic acids is 1. The minimum Gasteiger partial charge on any atom is -0.481 e. The van der Waals surface area contributed by atoms with Crippen LogP contribution in [-0.2, 0) is 14.9 Å². The molecule has 18 heavy (non-hydrogen) atoms. The molecular weight excluding hydrogens is 230 g/mol. The average Bonchev–Trinajstić information content (AvgIpc) is 2.30. The van der Waals surface area contributed by atoms with Crippen molar-refractivity contribution >= 4 is 5.97 Å². The molecule has 3 N–H and O–H groups in total. The van der Waals surface area contributed by atoms with E-state index in [0.29, 0.717) is 6.61 Å². The number of carboxylic acids is 1. The van der Waals surface area contributed by atoms with Crippen LogP contribution in [0.2, 0.25) is 0 Å². The predicted octanol–water partition coefficient (Wildman–Crippen LogP) is 1.74. The van der Waals surface area contributed by atoms with Gasteiger partial charge in [-0.2, -0.15) is 0 Å². The maximum atomic E-state index is 11.3. The van der Waals surface area contributed by atoms with Crippen molar-refractivity contribution in [2.75, 3.05) is 20.3 Å². The number of benzene rings is 1. The number of carbonyl (C=O) groups is 1. The summed E-state index contributed by atoms with van der Waals surface area (Å²) in [4.78, 5) is 11.3. The monoisotopic (exact) mass is 251 g/mol. The summed E-state index contributed by atoms with van der Waals surface area (Å²) in [6.45, 7) is 4.69. The fourth-order valence-corrected chi connectivity index (χ4v) is 2.22. The van der Waals surface area contributed by atoms with Crippen LogP contribution in [0.25, 0.3) is 0 Å². The summed E-state index contributed by atoms with van der Waals surface area (Å²) < 4.78 is 5.21. The number of rotatable bonds is 6. The van der Waals surface area contributed by atoms with Gasteiger partial charge in [-0.3, -0.25) is 4.79 Å². The minimum atomic E-state index is -0.891. The zero-order valence-corrected chi connectivity index (χ0v) is 11.1. The maximum absolute atomic E-state index is 11.3. The van der Waals surface area contributed by atoms with Crippen molar-refractivity contribution in [1.29, 1.82) is 0 Å². The Morgan fingerprint density at radius 3 is 2.56 bits per heavy atom. The number of ether oxygens (including phenoxy) is 1. The van der Waals surface area contributed by atoms with E-state index in [2.05, 4.69) is 0 Å². The Morgan fingerprint density at radius 1 is 1.44 bits per heavy atom. The molecule has 1 atom stereocenters. The van der Waals surface area contributed by atoms with Crippen molar-refractivity contribution < 1.29 is 14.6 Å². The third-order valence-corrected chi connectivity index (χ3v) is 3.10. The zero-order valence-electron chi connectivity index (χ0n) is 11.1. The molecule has 0 spiro atoms. The molecule has 100 valence electrons. The molecule has 1 rings (SSSR count). The van der Waals surface area contributed by atoms with Crippen LogP contribution in [-0.4, -0.2) is 31.3 Å². The van der Waals surface area contributed by atoms with E-state index >= 15 is 0 Å². The van der Waals surface area contributed by atoms with E-state index < -0.39 is 11.9 Å². The highest BCUT2D eigenvalue weighted by atomic mass is 16.5. The molecule has 0 aliphatic rings. The first kappa shape index (κ1) is 14.7.